The van der Waals surface area contributed by atoms with E-state index in [2.05, 4.69) is 21.8 Å². The summed E-state index contributed by atoms with van der Waals surface area (Å²) in [4.78, 5) is 11.8. The number of hydrogen-bond acceptors (Lipinski definition) is 7. The maximum absolute atomic E-state index is 11.8. The van der Waals surface area contributed by atoms with Gasteiger partial charge in [0.05, 0.1) is 20.6 Å². The van der Waals surface area contributed by atoms with Gasteiger partial charge >= 0.3 is 0 Å². The van der Waals surface area contributed by atoms with E-state index in [1.165, 1.54) is 0 Å². The Morgan fingerprint density at radius 1 is 1.23 bits per heavy atom. The predicted octanol–water partition coefficient (Wildman–Crippen LogP) is 2.48. The van der Waals surface area contributed by atoms with E-state index in [0.29, 0.717) is 37.6 Å². The number of aromatic nitrogens is 2. The molecule has 0 unspecified atom stereocenters. The van der Waals surface area contributed by atoms with Gasteiger partial charge in [-0.05, 0) is 36.6 Å². The lowest BCUT2D eigenvalue weighted by atomic mass is 10.1. The van der Waals surface area contributed by atoms with Crippen LogP contribution in [0, 0.1) is 0 Å². The largest absolute Gasteiger partial charge is 0.497 e. The van der Waals surface area contributed by atoms with E-state index in [1.54, 1.807) is 26.0 Å². The maximum Gasteiger partial charge on any atom is 0.221 e. The summed E-state index contributed by atoms with van der Waals surface area (Å²) in [5, 5.41) is 11.0. The Balaban J connectivity index is 1.87. The second-order valence-corrected chi connectivity index (χ2v) is 6.63. The minimum atomic E-state index is 0.000294. The van der Waals surface area contributed by atoms with Gasteiger partial charge in [0.15, 0.2) is 0 Å². The number of nitrogens with zero attached hydrogens (tertiary/aromatic N) is 2. The van der Waals surface area contributed by atoms with Crippen LogP contribution in [0.5, 0.6) is 11.5 Å². The van der Waals surface area contributed by atoms with Crippen molar-refractivity contribution in [1.29, 1.82) is 0 Å². The summed E-state index contributed by atoms with van der Waals surface area (Å²) in [7, 11) is 3.23. The number of rotatable bonds is 11. The molecule has 2 aromatic rings. The summed E-state index contributed by atoms with van der Waals surface area (Å²) >= 11 is 1.77. The van der Waals surface area contributed by atoms with Crippen molar-refractivity contribution in [3.05, 3.63) is 35.5 Å². The van der Waals surface area contributed by atoms with Crippen molar-refractivity contribution in [3.63, 3.8) is 0 Å². The van der Waals surface area contributed by atoms with Crippen LogP contribution in [0.25, 0.3) is 0 Å². The average Bonchev–Trinajstić information content (AvgIpc) is 3.11. The smallest absolute Gasteiger partial charge is 0.221 e. The van der Waals surface area contributed by atoms with Gasteiger partial charge in [-0.2, -0.15) is 11.8 Å². The Hall–Kier alpha value is -2.22. The van der Waals surface area contributed by atoms with Crippen LogP contribution >= 0.6 is 11.8 Å². The molecule has 1 heterocycles. The van der Waals surface area contributed by atoms with Gasteiger partial charge in [0.2, 0.25) is 17.7 Å². The van der Waals surface area contributed by atoms with Gasteiger partial charge in [-0.15, -0.1) is 10.2 Å². The monoisotopic (exact) mass is 379 g/mol. The summed E-state index contributed by atoms with van der Waals surface area (Å²) in [6.07, 6.45) is 4.23. The van der Waals surface area contributed by atoms with Gasteiger partial charge < -0.3 is 19.2 Å². The van der Waals surface area contributed by atoms with Gasteiger partial charge in [0, 0.05) is 24.9 Å². The molecule has 1 aromatic heterocycles. The van der Waals surface area contributed by atoms with Gasteiger partial charge in [0.25, 0.3) is 0 Å². The third-order valence-corrected chi connectivity index (χ3v) is 4.45. The highest BCUT2D eigenvalue weighted by atomic mass is 32.2. The molecule has 0 atom stereocenters. The van der Waals surface area contributed by atoms with Crippen LogP contribution in [0.2, 0.25) is 0 Å². The van der Waals surface area contributed by atoms with E-state index >= 15 is 0 Å². The van der Waals surface area contributed by atoms with Crippen molar-refractivity contribution >= 4 is 17.7 Å². The molecule has 7 nitrogen and oxygen atoms in total. The van der Waals surface area contributed by atoms with Crippen LogP contribution < -0.4 is 14.8 Å². The summed E-state index contributed by atoms with van der Waals surface area (Å²) < 4.78 is 16.3. The number of amides is 1. The van der Waals surface area contributed by atoms with Crippen molar-refractivity contribution in [2.24, 2.45) is 0 Å². The standard InChI is InChI=1S/C18H25N3O4S/c1-23-14-5-6-15(24-2)13(11-14)12-18-21-20-17(25-18)8-7-16(22)19-9-4-10-26-3/h5-6,11H,4,7-10,12H2,1-3H3,(H,19,22). The quantitative estimate of drug-likeness (QED) is 0.600. The lowest BCUT2D eigenvalue weighted by molar-refractivity contribution is -0.121. The summed E-state index contributed by atoms with van der Waals surface area (Å²) in [5.74, 6) is 3.45. The second kappa shape index (κ2) is 10.7. The van der Waals surface area contributed by atoms with Crippen molar-refractivity contribution in [1.82, 2.24) is 15.5 Å². The molecule has 8 heteroatoms. The minimum absolute atomic E-state index is 0.000294. The first-order chi connectivity index (χ1) is 12.7. The Bertz CT molecular complexity index is 705. The lowest BCUT2D eigenvalue weighted by Crippen LogP contribution is -2.25. The second-order valence-electron chi connectivity index (χ2n) is 5.64. The molecule has 0 radical (unpaired) electrons. The number of carbonyl (C=O) groups is 1. The number of benzene rings is 1. The molecule has 1 amide bonds. The van der Waals surface area contributed by atoms with Gasteiger partial charge in [0.1, 0.15) is 11.5 Å². The zero-order valence-electron chi connectivity index (χ0n) is 15.4. The first kappa shape index (κ1) is 20.1. The van der Waals surface area contributed by atoms with Gasteiger partial charge in [-0.1, -0.05) is 0 Å². The van der Waals surface area contributed by atoms with E-state index in [0.717, 1.165) is 29.2 Å². The SMILES string of the molecule is COc1ccc(OC)c(Cc2nnc(CCC(=O)NCCCSC)o2)c1. The van der Waals surface area contributed by atoms with Crippen LogP contribution in [0.15, 0.2) is 22.6 Å². The Morgan fingerprint density at radius 3 is 2.77 bits per heavy atom. The molecule has 1 N–H and O–H groups in total. The number of methoxy groups -OCH3 is 2. The molecule has 0 aliphatic heterocycles. The van der Waals surface area contributed by atoms with Gasteiger partial charge in [-0.3, -0.25) is 4.79 Å². The van der Waals surface area contributed by atoms with Crippen LogP contribution in [-0.4, -0.2) is 48.9 Å². The fourth-order valence-electron chi connectivity index (χ4n) is 2.40. The highest BCUT2D eigenvalue weighted by Gasteiger charge is 2.12. The third kappa shape index (κ3) is 6.25. The van der Waals surface area contributed by atoms with E-state index in [4.69, 9.17) is 13.9 Å². The van der Waals surface area contributed by atoms with Crippen LogP contribution in [0.4, 0.5) is 0 Å². The fourth-order valence-corrected chi connectivity index (χ4v) is 2.83. The van der Waals surface area contributed by atoms with E-state index in [-0.39, 0.29) is 5.91 Å². The highest BCUT2D eigenvalue weighted by molar-refractivity contribution is 7.98. The molecule has 0 aliphatic rings. The Labute approximate surface area is 157 Å². The van der Waals surface area contributed by atoms with Gasteiger partial charge in [-0.25, -0.2) is 0 Å². The van der Waals surface area contributed by atoms with E-state index in [1.807, 2.05) is 18.2 Å². The number of nitrogens with one attached hydrogen (secondary N) is 1. The molecule has 0 aliphatic carbocycles. The summed E-state index contributed by atoms with van der Waals surface area (Å²) in [6.45, 7) is 0.699. The molecule has 142 valence electrons. The molecule has 0 bridgehead atoms. The van der Waals surface area contributed by atoms with Crippen molar-refractivity contribution in [2.75, 3.05) is 32.8 Å². The number of ether oxygens (including phenoxy) is 2. The lowest BCUT2D eigenvalue weighted by Gasteiger charge is -2.08. The summed E-state index contributed by atoms with van der Waals surface area (Å²) in [5.41, 5.74) is 0.897. The zero-order valence-corrected chi connectivity index (χ0v) is 16.2. The Kier molecular flexibility index (Phi) is 8.27. The van der Waals surface area contributed by atoms with E-state index < -0.39 is 0 Å². The van der Waals surface area contributed by atoms with Crippen molar-refractivity contribution < 1.29 is 18.7 Å². The molecular weight excluding hydrogens is 354 g/mol. The van der Waals surface area contributed by atoms with Crippen LogP contribution in [0.1, 0.15) is 30.2 Å². The average molecular weight is 379 g/mol. The molecule has 0 spiro atoms. The molecule has 0 fully saturated rings. The first-order valence-corrected chi connectivity index (χ1v) is 9.83. The number of hydrogen-bond donors (Lipinski definition) is 1. The number of thioether (sulfide) groups is 1. The molecule has 0 saturated heterocycles. The maximum atomic E-state index is 11.8. The van der Waals surface area contributed by atoms with Crippen LogP contribution in [-0.2, 0) is 17.6 Å². The molecule has 2 rings (SSSR count). The van der Waals surface area contributed by atoms with E-state index in [9.17, 15) is 4.79 Å². The summed E-state index contributed by atoms with van der Waals surface area (Å²) in [6, 6.07) is 5.55. The molecular formula is C18H25N3O4S. The predicted molar refractivity (Wildman–Crippen MR) is 101 cm³/mol. The topological polar surface area (TPSA) is 86.5 Å². The van der Waals surface area contributed by atoms with Crippen molar-refractivity contribution in [3.8, 4) is 11.5 Å². The molecule has 1 aromatic carbocycles. The first-order valence-electron chi connectivity index (χ1n) is 8.44. The number of aryl methyl sites for hydroxylation is 1. The highest BCUT2D eigenvalue weighted by Crippen LogP contribution is 2.26. The minimum Gasteiger partial charge on any atom is -0.497 e. The van der Waals surface area contributed by atoms with Crippen LogP contribution in [0.3, 0.4) is 0 Å². The Morgan fingerprint density at radius 2 is 2.04 bits per heavy atom. The molecule has 26 heavy (non-hydrogen) atoms. The fraction of sp³-hybridized carbons (Fsp3) is 0.500. The third-order valence-electron chi connectivity index (χ3n) is 3.75. The van der Waals surface area contributed by atoms with Crippen molar-refractivity contribution in [2.45, 2.75) is 25.7 Å². The number of carbonyl (C=O) groups excluding carboxylic acids is 1. The zero-order chi connectivity index (χ0) is 18.8. The molecule has 0 saturated carbocycles. The normalized spacial score (nSPS) is 10.6.